The third-order valence-corrected chi connectivity index (χ3v) is 10.5. The first kappa shape index (κ1) is 20.4. The summed E-state index contributed by atoms with van der Waals surface area (Å²) >= 11 is 0. The number of rotatable bonds is 4. The summed E-state index contributed by atoms with van der Waals surface area (Å²) in [5.74, 6) is -0.181. The molecule has 0 radical (unpaired) electrons. The van der Waals surface area contributed by atoms with Gasteiger partial charge in [0.25, 0.3) is 0 Å². The quantitative estimate of drug-likeness (QED) is 0.607. The Morgan fingerprint density at radius 1 is 1.32 bits per heavy atom. The zero-order valence-electron chi connectivity index (χ0n) is 16.9. The molecule has 2 aliphatic rings. The van der Waals surface area contributed by atoms with Gasteiger partial charge in [0.1, 0.15) is 6.04 Å². The number of piperazine rings is 1. The number of methoxy groups -OCH3 is 1. The molecule has 2 rings (SSSR count). The van der Waals surface area contributed by atoms with E-state index in [2.05, 4.69) is 39.2 Å². The SMILES string of the molecule is COC(=O)[C@@H]1C[C@@H](O[Si](C)(C)C(C)(C)C)[C@H]2CN[C@H](C(C)C)C(=O)N21. The highest BCUT2D eigenvalue weighted by atomic mass is 28.4. The lowest BCUT2D eigenvalue weighted by molar-refractivity contribution is -0.155. The molecule has 2 heterocycles. The summed E-state index contributed by atoms with van der Waals surface area (Å²) in [7, 11) is -0.619. The van der Waals surface area contributed by atoms with Crippen molar-refractivity contribution in [3.8, 4) is 0 Å². The van der Waals surface area contributed by atoms with Gasteiger partial charge in [0.2, 0.25) is 5.91 Å². The number of fused-ring (bicyclic) bond motifs is 1. The minimum absolute atomic E-state index is 0.0111. The molecular formula is C18H34N2O4Si. The van der Waals surface area contributed by atoms with Crippen molar-refractivity contribution in [1.82, 2.24) is 10.2 Å². The zero-order valence-corrected chi connectivity index (χ0v) is 17.9. The van der Waals surface area contributed by atoms with Crippen molar-refractivity contribution >= 4 is 20.2 Å². The Balaban J connectivity index is 2.29. The highest BCUT2D eigenvalue weighted by Gasteiger charge is 2.54. The van der Waals surface area contributed by atoms with Gasteiger partial charge in [-0.1, -0.05) is 34.6 Å². The number of amides is 1. The van der Waals surface area contributed by atoms with Crippen LogP contribution in [0.2, 0.25) is 18.1 Å². The Bertz CT molecular complexity index is 530. The van der Waals surface area contributed by atoms with Crippen molar-refractivity contribution in [2.24, 2.45) is 5.92 Å². The molecule has 1 N–H and O–H groups in total. The van der Waals surface area contributed by atoms with E-state index in [9.17, 15) is 9.59 Å². The predicted molar refractivity (Wildman–Crippen MR) is 99.8 cm³/mol. The summed E-state index contributed by atoms with van der Waals surface area (Å²) in [6, 6.07) is -0.906. The van der Waals surface area contributed by atoms with Gasteiger partial charge < -0.3 is 19.4 Å². The van der Waals surface area contributed by atoms with E-state index in [1.165, 1.54) is 7.11 Å². The van der Waals surface area contributed by atoms with Gasteiger partial charge >= 0.3 is 5.97 Å². The van der Waals surface area contributed by atoms with Gasteiger partial charge in [-0.3, -0.25) is 4.79 Å². The van der Waals surface area contributed by atoms with Crippen LogP contribution >= 0.6 is 0 Å². The molecule has 2 saturated heterocycles. The van der Waals surface area contributed by atoms with Crippen LogP contribution in [0.25, 0.3) is 0 Å². The first-order valence-electron chi connectivity index (χ1n) is 9.22. The number of hydrogen-bond acceptors (Lipinski definition) is 5. The van der Waals surface area contributed by atoms with Crippen molar-refractivity contribution in [3.63, 3.8) is 0 Å². The van der Waals surface area contributed by atoms with E-state index >= 15 is 0 Å². The Morgan fingerprint density at radius 3 is 2.40 bits per heavy atom. The maximum absolute atomic E-state index is 13.0. The third kappa shape index (κ3) is 3.78. The van der Waals surface area contributed by atoms with Crippen LogP contribution in [0.1, 0.15) is 41.0 Å². The number of carbonyl (C=O) groups is 2. The van der Waals surface area contributed by atoms with E-state index in [1.807, 2.05) is 13.8 Å². The number of esters is 1. The van der Waals surface area contributed by atoms with Crippen molar-refractivity contribution in [2.45, 2.75) is 83.4 Å². The summed E-state index contributed by atoms with van der Waals surface area (Å²) < 4.78 is 11.6. The van der Waals surface area contributed by atoms with Crippen molar-refractivity contribution in [1.29, 1.82) is 0 Å². The van der Waals surface area contributed by atoms with Gasteiger partial charge in [-0.15, -0.1) is 0 Å². The molecule has 0 aromatic rings. The molecule has 144 valence electrons. The highest BCUT2D eigenvalue weighted by Crippen LogP contribution is 2.41. The molecule has 0 aromatic heterocycles. The Hall–Kier alpha value is -0.923. The lowest BCUT2D eigenvalue weighted by atomic mass is 9.98. The molecular weight excluding hydrogens is 336 g/mol. The number of hydrogen-bond donors (Lipinski definition) is 1. The fourth-order valence-corrected chi connectivity index (χ4v) is 4.86. The van der Waals surface area contributed by atoms with Crippen LogP contribution in [0.5, 0.6) is 0 Å². The molecule has 25 heavy (non-hydrogen) atoms. The summed E-state index contributed by atoms with van der Waals surface area (Å²) in [4.78, 5) is 27.1. The molecule has 0 unspecified atom stereocenters. The van der Waals surface area contributed by atoms with Crippen molar-refractivity contribution < 1.29 is 18.8 Å². The van der Waals surface area contributed by atoms with Gasteiger partial charge in [-0.25, -0.2) is 4.79 Å². The van der Waals surface area contributed by atoms with E-state index in [0.717, 1.165) is 0 Å². The normalized spacial score (nSPS) is 30.6. The first-order valence-corrected chi connectivity index (χ1v) is 12.1. The molecule has 1 amide bonds. The Morgan fingerprint density at radius 2 is 1.92 bits per heavy atom. The van der Waals surface area contributed by atoms with Crippen molar-refractivity contribution in [2.75, 3.05) is 13.7 Å². The van der Waals surface area contributed by atoms with Crippen LogP contribution in [0.3, 0.4) is 0 Å². The van der Waals surface area contributed by atoms with E-state index in [4.69, 9.17) is 9.16 Å². The molecule has 0 aliphatic carbocycles. The molecule has 7 heteroatoms. The standard InChI is InChI=1S/C18H34N2O4Si/c1-11(2)15-16(21)20-12(17(22)23-6)9-14(13(20)10-19-15)24-25(7,8)18(3,4)5/h11-15,19H,9-10H2,1-8H3/t12-,13+,14+,15+/m0/s1. The Labute approximate surface area is 152 Å². The van der Waals surface area contributed by atoms with E-state index in [0.29, 0.717) is 13.0 Å². The number of ether oxygens (including phenoxy) is 1. The van der Waals surface area contributed by atoms with Gasteiger partial charge in [-0.2, -0.15) is 0 Å². The molecule has 2 fully saturated rings. The first-order chi connectivity index (χ1) is 11.4. The second-order valence-electron chi connectivity index (χ2n) is 9.13. The number of nitrogens with one attached hydrogen (secondary N) is 1. The molecule has 0 bridgehead atoms. The van der Waals surface area contributed by atoms with Gasteiger partial charge in [0.05, 0.1) is 25.3 Å². The van der Waals surface area contributed by atoms with Crippen molar-refractivity contribution in [3.05, 3.63) is 0 Å². The van der Waals surface area contributed by atoms with Crippen LogP contribution < -0.4 is 5.32 Å². The monoisotopic (exact) mass is 370 g/mol. The topological polar surface area (TPSA) is 67.9 Å². The molecule has 4 atom stereocenters. The van der Waals surface area contributed by atoms with Crippen LogP contribution in [0, 0.1) is 5.92 Å². The molecule has 0 saturated carbocycles. The van der Waals surface area contributed by atoms with Gasteiger partial charge in [0.15, 0.2) is 8.32 Å². The third-order valence-electron chi connectivity index (χ3n) is 6.04. The van der Waals surface area contributed by atoms with Gasteiger partial charge in [0, 0.05) is 13.0 Å². The summed E-state index contributed by atoms with van der Waals surface area (Å²) in [5, 5.41) is 3.44. The van der Waals surface area contributed by atoms with Crippen LogP contribution in [0.15, 0.2) is 0 Å². The zero-order chi connectivity index (χ0) is 19.2. The summed E-state index contributed by atoms with van der Waals surface area (Å²) in [6.45, 7) is 15.7. The van der Waals surface area contributed by atoms with E-state index < -0.39 is 14.4 Å². The fourth-order valence-electron chi connectivity index (χ4n) is 3.49. The highest BCUT2D eigenvalue weighted by molar-refractivity contribution is 6.74. The van der Waals surface area contributed by atoms with E-state index in [-0.39, 0.29) is 41.0 Å². The predicted octanol–water partition coefficient (Wildman–Crippen LogP) is 2.15. The van der Waals surface area contributed by atoms with Crippen LogP contribution in [-0.2, 0) is 18.8 Å². The molecule has 0 spiro atoms. The van der Waals surface area contributed by atoms with E-state index in [1.54, 1.807) is 4.90 Å². The second-order valence-corrected chi connectivity index (χ2v) is 13.9. The molecule has 2 aliphatic heterocycles. The lowest BCUT2D eigenvalue weighted by Gasteiger charge is -2.43. The molecule has 0 aromatic carbocycles. The summed E-state index contributed by atoms with van der Waals surface area (Å²) in [6.07, 6.45) is 0.386. The average Bonchev–Trinajstić information content (AvgIpc) is 2.84. The Kier molecular flexibility index (Phi) is 5.71. The number of nitrogens with zero attached hydrogens (tertiary/aromatic N) is 1. The maximum Gasteiger partial charge on any atom is 0.328 e. The minimum atomic E-state index is -2.00. The smallest absolute Gasteiger partial charge is 0.328 e. The molecule has 6 nitrogen and oxygen atoms in total. The maximum atomic E-state index is 13.0. The summed E-state index contributed by atoms with van der Waals surface area (Å²) in [5.41, 5.74) is 0. The van der Waals surface area contributed by atoms with Gasteiger partial charge in [-0.05, 0) is 24.1 Å². The average molecular weight is 371 g/mol. The second kappa shape index (κ2) is 7.00. The number of carbonyl (C=O) groups excluding carboxylic acids is 2. The fraction of sp³-hybridized carbons (Fsp3) is 0.889. The lowest BCUT2D eigenvalue weighted by Crippen LogP contribution is -2.64. The van der Waals surface area contributed by atoms with Crippen LogP contribution in [-0.4, -0.2) is 63.0 Å². The van der Waals surface area contributed by atoms with Crippen LogP contribution in [0.4, 0.5) is 0 Å². The minimum Gasteiger partial charge on any atom is -0.467 e. The largest absolute Gasteiger partial charge is 0.467 e.